The van der Waals surface area contributed by atoms with Crippen LogP contribution in [0.1, 0.15) is 50.3 Å². The molecule has 1 aromatic rings. The number of aryl methyl sites for hydroxylation is 2. The van der Waals surface area contributed by atoms with Gasteiger partial charge in [0, 0.05) is 12.1 Å². The third-order valence-corrected chi connectivity index (χ3v) is 2.34. The molecule has 1 heterocycles. The first-order valence-corrected chi connectivity index (χ1v) is 5.34. The third kappa shape index (κ3) is 3.08. The van der Waals surface area contributed by atoms with Crippen LogP contribution in [0.3, 0.4) is 0 Å². The SMILES string of the molecule is CCc1[nH]c(CCC(=O)O)nc1C(C)C. The topological polar surface area (TPSA) is 66.0 Å². The molecule has 84 valence electrons. The van der Waals surface area contributed by atoms with E-state index in [1.54, 1.807) is 0 Å². The Morgan fingerprint density at radius 3 is 2.60 bits per heavy atom. The van der Waals surface area contributed by atoms with Crippen molar-refractivity contribution in [3.05, 3.63) is 17.2 Å². The van der Waals surface area contributed by atoms with E-state index in [0.29, 0.717) is 12.3 Å². The first kappa shape index (κ1) is 11.8. The Labute approximate surface area is 89.7 Å². The summed E-state index contributed by atoms with van der Waals surface area (Å²) in [5.41, 5.74) is 2.20. The molecular formula is C11H18N2O2. The Balaban J connectivity index is 2.78. The molecule has 0 aliphatic carbocycles. The van der Waals surface area contributed by atoms with Gasteiger partial charge in [0.05, 0.1) is 12.1 Å². The van der Waals surface area contributed by atoms with Crippen LogP contribution >= 0.6 is 0 Å². The second-order valence-electron chi connectivity index (χ2n) is 3.95. The number of carboxylic acids is 1. The second kappa shape index (κ2) is 4.96. The summed E-state index contributed by atoms with van der Waals surface area (Å²) >= 11 is 0. The number of rotatable bonds is 5. The van der Waals surface area contributed by atoms with Crippen molar-refractivity contribution in [2.24, 2.45) is 0 Å². The van der Waals surface area contributed by atoms with E-state index < -0.39 is 5.97 Å². The van der Waals surface area contributed by atoms with Gasteiger partial charge in [0.2, 0.25) is 0 Å². The number of hydrogen-bond acceptors (Lipinski definition) is 2. The summed E-state index contributed by atoms with van der Waals surface area (Å²) in [6.45, 7) is 6.26. The van der Waals surface area contributed by atoms with Gasteiger partial charge in [-0.3, -0.25) is 4.79 Å². The molecule has 0 unspecified atom stereocenters. The molecule has 0 aromatic carbocycles. The molecule has 4 heteroatoms. The quantitative estimate of drug-likeness (QED) is 0.782. The normalized spacial score (nSPS) is 10.9. The van der Waals surface area contributed by atoms with E-state index in [9.17, 15) is 4.79 Å². The predicted octanol–water partition coefficient (Wildman–Crippen LogP) is 2.11. The molecule has 1 aromatic heterocycles. The maximum absolute atomic E-state index is 10.4. The molecule has 0 saturated heterocycles. The molecule has 0 spiro atoms. The van der Waals surface area contributed by atoms with Gasteiger partial charge in [0.25, 0.3) is 0 Å². The molecule has 0 atom stereocenters. The lowest BCUT2D eigenvalue weighted by atomic mass is 10.1. The van der Waals surface area contributed by atoms with E-state index >= 15 is 0 Å². The van der Waals surface area contributed by atoms with Gasteiger partial charge in [-0.05, 0) is 12.3 Å². The van der Waals surface area contributed by atoms with Crippen LogP contribution in [-0.2, 0) is 17.6 Å². The van der Waals surface area contributed by atoms with Crippen molar-refractivity contribution < 1.29 is 9.90 Å². The van der Waals surface area contributed by atoms with E-state index in [1.165, 1.54) is 0 Å². The van der Waals surface area contributed by atoms with Crippen molar-refractivity contribution in [3.8, 4) is 0 Å². The lowest BCUT2D eigenvalue weighted by molar-refractivity contribution is -0.137. The molecule has 0 aliphatic heterocycles. The molecule has 0 fully saturated rings. The number of aromatic nitrogens is 2. The zero-order valence-electron chi connectivity index (χ0n) is 9.50. The fraction of sp³-hybridized carbons (Fsp3) is 0.636. The summed E-state index contributed by atoms with van der Waals surface area (Å²) in [4.78, 5) is 18.1. The van der Waals surface area contributed by atoms with Crippen LogP contribution in [0.25, 0.3) is 0 Å². The number of aromatic amines is 1. The fourth-order valence-corrected chi connectivity index (χ4v) is 1.57. The summed E-state index contributed by atoms with van der Waals surface area (Å²) < 4.78 is 0. The van der Waals surface area contributed by atoms with Crippen LogP contribution in [0, 0.1) is 0 Å². The Morgan fingerprint density at radius 1 is 1.53 bits per heavy atom. The van der Waals surface area contributed by atoms with E-state index in [2.05, 4.69) is 30.7 Å². The molecule has 0 saturated carbocycles. The number of carboxylic acid groups (broad SMARTS) is 1. The monoisotopic (exact) mass is 210 g/mol. The largest absolute Gasteiger partial charge is 0.481 e. The van der Waals surface area contributed by atoms with Crippen LogP contribution in [-0.4, -0.2) is 21.0 Å². The smallest absolute Gasteiger partial charge is 0.303 e. The number of aliphatic carboxylic acids is 1. The molecular weight excluding hydrogens is 192 g/mol. The summed E-state index contributed by atoms with van der Waals surface area (Å²) in [6, 6.07) is 0. The third-order valence-electron chi connectivity index (χ3n) is 2.34. The number of hydrogen-bond donors (Lipinski definition) is 2. The first-order chi connectivity index (χ1) is 7.04. The number of nitrogens with zero attached hydrogens (tertiary/aromatic N) is 1. The molecule has 0 radical (unpaired) electrons. The summed E-state index contributed by atoms with van der Waals surface area (Å²) in [5, 5.41) is 8.58. The van der Waals surface area contributed by atoms with Gasteiger partial charge < -0.3 is 10.1 Å². The minimum atomic E-state index is -0.782. The standard InChI is InChI=1S/C11H18N2O2/c1-4-8-11(7(2)3)13-9(12-8)5-6-10(14)15/h7H,4-6H2,1-3H3,(H,12,13)(H,14,15). The van der Waals surface area contributed by atoms with E-state index in [1.807, 2.05) is 0 Å². The van der Waals surface area contributed by atoms with Gasteiger partial charge in [-0.2, -0.15) is 0 Å². The Hall–Kier alpha value is -1.32. The van der Waals surface area contributed by atoms with Crippen LogP contribution < -0.4 is 0 Å². The molecule has 15 heavy (non-hydrogen) atoms. The predicted molar refractivity (Wildman–Crippen MR) is 58.0 cm³/mol. The first-order valence-electron chi connectivity index (χ1n) is 5.34. The average molecular weight is 210 g/mol. The molecule has 1 rings (SSSR count). The highest BCUT2D eigenvalue weighted by molar-refractivity contribution is 5.66. The van der Waals surface area contributed by atoms with Crippen molar-refractivity contribution in [1.82, 2.24) is 9.97 Å². The van der Waals surface area contributed by atoms with Gasteiger partial charge in [-0.1, -0.05) is 20.8 Å². The van der Waals surface area contributed by atoms with Gasteiger partial charge in [0.15, 0.2) is 0 Å². The summed E-state index contributed by atoms with van der Waals surface area (Å²) in [5.74, 6) is 0.392. The van der Waals surface area contributed by atoms with E-state index in [-0.39, 0.29) is 6.42 Å². The molecule has 0 aliphatic rings. The van der Waals surface area contributed by atoms with Crippen molar-refractivity contribution >= 4 is 5.97 Å². The van der Waals surface area contributed by atoms with Gasteiger partial charge in [0.1, 0.15) is 5.82 Å². The zero-order valence-corrected chi connectivity index (χ0v) is 9.50. The lowest BCUT2D eigenvalue weighted by Crippen LogP contribution is -1.99. The zero-order chi connectivity index (χ0) is 11.4. The highest BCUT2D eigenvalue weighted by Crippen LogP contribution is 2.18. The summed E-state index contributed by atoms with van der Waals surface area (Å²) in [7, 11) is 0. The van der Waals surface area contributed by atoms with Crippen LogP contribution in [0.2, 0.25) is 0 Å². The highest BCUT2D eigenvalue weighted by Gasteiger charge is 2.12. The summed E-state index contributed by atoms with van der Waals surface area (Å²) in [6.07, 6.45) is 1.52. The van der Waals surface area contributed by atoms with Crippen molar-refractivity contribution in [2.45, 2.75) is 46.0 Å². The maximum atomic E-state index is 10.4. The number of H-pyrrole nitrogens is 1. The maximum Gasteiger partial charge on any atom is 0.303 e. The van der Waals surface area contributed by atoms with Crippen molar-refractivity contribution in [3.63, 3.8) is 0 Å². The Bertz CT molecular complexity index is 342. The van der Waals surface area contributed by atoms with Crippen LogP contribution in [0.4, 0.5) is 0 Å². The highest BCUT2D eigenvalue weighted by atomic mass is 16.4. The molecule has 0 bridgehead atoms. The van der Waals surface area contributed by atoms with E-state index in [0.717, 1.165) is 23.6 Å². The lowest BCUT2D eigenvalue weighted by Gasteiger charge is -2.01. The number of carbonyl (C=O) groups is 1. The van der Waals surface area contributed by atoms with Crippen molar-refractivity contribution in [2.75, 3.05) is 0 Å². The van der Waals surface area contributed by atoms with Crippen LogP contribution in [0.15, 0.2) is 0 Å². The average Bonchev–Trinajstić information content (AvgIpc) is 2.57. The van der Waals surface area contributed by atoms with E-state index in [4.69, 9.17) is 5.11 Å². The Kier molecular flexibility index (Phi) is 3.88. The van der Waals surface area contributed by atoms with Gasteiger partial charge >= 0.3 is 5.97 Å². The van der Waals surface area contributed by atoms with Crippen molar-refractivity contribution in [1.29, 1.82) is 0 Å². The number of imidazole rings is 1. The molecule has 0 amide bonds. The van der Waals surface area contributed by atoms with Gasteiger partial charge in [-0.15, -0.1) is 0 Å². The molecule has 2 N–H and O–H groups in total. The Morgan fingerprint density at radius 2 is 2.20 bits per heavy atom. The van der Waals surface area contributed by atoms with Gasteiger partial charge in [-0.25, -0.2) is 4.98 Å². The van der Waals surface area contributed by atoms with Crippen LogP contribution in [0.5, 0.6) is 0 Å². The fourth-order valence-electron chi connectivity index (χ4n) is 1.57. The minimum Gasteiger partial charge on any atom is -0.481 e. The minimum absolute atomic E-state index is 0.133. The molecule has 4 nitrogen and oxygen atoms in total. The number of nitrogens with one attached hydrogen (secondary N) is 1. The second-order valence-corrected chi connectivity index (χ2v) is 3.95.